The van der Waals surface area contributed by atoms with Crippen LogP contribution in [0.4, 0.5) is 5.69 Å². The molecular formula is C24H29Cl2N3O2. The molecule has 1 unspecified atom stereocenters. The van der Waals surface area contributed by atoms with Gasteiger partial charge in [0.05, 0.1) is 17.2 Å². The molecule has 0 bridgehead atoms. The quantitative estimate of drug-likeness (QED) is 0.593. The molecule has 5 nitrogen and oxygen atoms in total. The van der Waals surface area contributed by atoms with Crippen molar-refractivity contribution < 1.29 is 9.59 Å². The first kappa shape index (κ1) is 23.6. The normalized spacial score (nSPS) is 16.9. The molecule has 1 atom stereocenters. The highest BCUT2D eigenvalue weighted by molar-refractivity contribution is 6.35. The third kappa shape index (κ3) is 6.70. The van der Waals surface area contributed by atoms with Gasteiger partial charge in [-0.1, -0.05) is 55.2 Å². The lowest BCUT2D eigenvalue weighted by molar-refractivity contribution is -0.121. The van der Waals surface area contributed by atoms with E-state index in [-0.39, 0.29) is 17.7 Å². The second-order valence-electron chi connectivity index (χ2n) is 8.45. The molecule has 166 valence electrons. The van der Waals surface area contributed by atoms with Crippen LogP contribution in [-0.2, 0) is 11.3 Å². The zero-order valence-electron chi connectivity index (χ0n) is 18.0. The minimum Gasteiger partial charge on any atom is -0.352 e. The van der Waals surface area contributed by atoms with E-state index in [1.54, 1.807) is 24.3 Å². The summed E-state index contributed by atoms with van der Waals surface area (Å²) in [7, 11) is 0. The van der Waals surface area contributed by atoms with Crippen LogP contribution in [0, 0.1) is 11.8 Å². The van der Waals surface area contributed by atoms with Crippen molar-refractivity contribution in [3.05, 3.63) is 63.6 Å². The smallest absolute Gasteiger partial charge is 0.253 e. The average molecular weight is 462 g/mol. The van der Waals surface area contributed by atoms with Crippen molar-refractivity contribution in [3.8, 4) is 0 Å². The molecule has 1 heterocycles. The van der Waals surface area contributed by atoms with Gasteiger partial charge in [-0.15, -0.1) is 0 Å². The number of carbonyl (C=O) groups is 2. The molecule has 0 saturated carbocycles. The van der Waals surface area contributed by atoms with E-state index in [2.05, 4.69) is 15.5 Å². The van der Waals surface area contributed by atoms with E-state index >= 15 is 0 Å². The molecule has 0 spiro atoms. The van der Waals surface area contributed by atoms with Crippen LogP contribution in [0.3, 0.4) is 0 Å². The van der Waals surface area contributed by atoms with Crippen LogP contribution in [0.1, 0.15) is 42.6 Å². The van der Waals surface area contributed by atoms with E-state index in [9.17, 15) is 9.59 Å². The number of nitrogens with zero attached hydrogens (tertiary/aromatic N) is 1. The summed E-state index contributed by atoms with van der Waals surface area (Å²) in [4.78, 5) is 27.8. The van der Waals surface area contributed by atoms with Crippen molar-refractivity contribution in [2.24, 2.45) is 11.8 Å². The number of para-hydroxylation sites is 1. The molecule has 2 N–H and O–H groups in total. The lowest BCUT2D eigenvalue weighted by Crippen LogP contribution is -2.40. The molecule has 2 aromatic rings. The van der Waals surface area contributed by atoms with Gasteiger partial charge in [0.15, 0.2) is 0 Å². The van der Waals surface area contributed by atoms with Crippen LogP contribution in [0.25, 0.3) is 0 Å². The number of benzene rings is 2. The minimum atomic E-state index is -0.174. The first-order chi connectivity index (χ1) is 14.8. The fourth-order valence-corrected chi connectivity index (χ4v) is 4.19. The van der Waals surface area contributed by atoms with Crippen LogP contribution in [0.2, 0.25) is 10.0 Å². The summed E-state index contributed by atoms with van der Waals surface area (Å²) >= 11 is 12.3. The van der Waals surface area contributed by atoms with Gasteiger partial charge in [0, 0.05) is 29.7 Å². The van der Waals surface area contributed by atoms with Crippen molar-refractivity contribution in [2.75, 3.05) is 25.0 Å². The van der Waals surface area contributed by atoms with E-state index in [0.717, 1.165) is 24.9 Å². The Kier molecular flexibility index (Phi) is 8.35. The largest absolute Gasteiger partial charge is 0.352 e. The van der Waals surface area contributed by atoms with Crippen LogP contribution < -0.4 is 10.6 Å². The lowest BCUT2D eigenvalue weighted by atomic mass is 9.96. The molecule has 7 heteroatoms. The maximum Gasteiger partial charge on any atom is 0.253 e. The molecule has 0 aromatic heterocycles. The van der Waals surface area contributed by atoms with Crippen molar-refractivity contribution in [2.45, 2.75) is 33.2 Å². The number of hydrogen-bond donors (Lipinski definition) is 2. The topological polar surface area (TPSA) is 61.4 Å². The molecule has 0 radical (unpaired) electrons. The third-order valence-corrected chi connectivity index (χ3v) is 5.97. The van der Waals surface area contributed by atoms with Crippen LogP contribution >= 0.6 is 23.2 Å². The van der Waals surface area contributed by atoms with E-state index in [0.29, 0.717) is 46.8 Å². The SMILES string of the molecule is CC(C)CNC(=O)c1ccccc1NC(=O)C1CCCN(Cc2ccc(Cl)cc2Cl)C1. The maximum atomic E-state index is 13.0. The van der Waals surface area contributed by atoms with Gasteiger partial charge in [-0.2, -0.15) is 0 Å². The monoisotopic (exact) mass is 461 g/mol. The molecule has 3 rings (SSSR count). The van der Waals surface area contributed by atoms with E-state index in [1.807, 2.05) is 32.0 Å². The zero-order valence-corrected chi connectivity index (χ0v) is 19.5. The number of hydrogen-bond acceptors (Lipinski definition) is 3. The van der Waals surface area contributed by atoms with Gasteiger partial charge in [0.25, 0.3) is 5.91 Å². The Morgan fingerprint density at radius 1 is 1.16 bits per heavy atom. The number of likely N-dealkylation sites (tertiary alicyclic amines) is 1. The first-order valence-corrected chi connectivity index (χ1v) is 11.4. The van der Waals surface area contributed by atoms with Crippen molar-refractivity contribution >= 4 is 40.7 Å². The summed E-state index contributed by atoms with van der Waals surface area (Å²) in [6.45, 7) is 6.91. The Hall–Kier alpha value is -2.08. The fraction of sp³-hybridized carbons (Fsp3) is 0.417. The van der Waals surface area contributed by atoms with Gasteiger partial charge >= 0.3 is 0 Å². The maximum absolute atomic E-state index is 13.0. The van der Waals surface area contributed by atoms with E-state index in [4.69, 9.17) is 23.2 Å². The molecule has 2 aromatic carbocycles. The number of halogens is 2. The van der Waals surface area contributed by atoms with Crippen molar-refractivity contribution in [1.82, 2.24) is 10.2 Å². The van der Waals surface area contributed by atoms with Gasteiger partial charge in [0.2, 0.25) is 5.91 Å². The zero-order chi connectivity index (χ0) is 22.4. The van der Waals surface area contributed by atoms with Gasteiger partial charge < -0.3 is 10.6 Å². The van der Waals surface area contributed by atoms with Crippen molar-refractivity contribution in [1.29, 1.82) is 0 Å². The van der Waals surface area contributed by atoms with Crippen LogP contribution in [0.5, 0.6) is 0 Å². The first-order valence-electron chi connectivity index (χ1n) is 10.7. The van der Waals surface area contributed by atoms with E-state index in [1.165, 1.54) is 0 Å². The average Bonchev–Trinajstić information content (AvgIpc) is 2.74. The summed E-state index contributed by atoms with van der Waals surface area (Å²) in [5.74, 6) is -0.0251. The summed E-state index contributed by atoms with van der Waals surface area (Å²) in [5, 5.41) is 7.15. The summed E-state index contributed by atoms with van der Waals surface area (Å²) in [6.07, 6.45) is 1.75. The van der Waals surface area contributed by atoms with Crippen LogP contribution in [0.15, 0.2) is 42.5 Å². The second kappa shape index (κ2) is 11.0. The third-order valence-electron chi connectivity index (χ3n) is 5.39. The number of rotatable bonds is 7. The number of anilines is 1. The molecule has 0 aliphatic carbocycles. The summed E-state index contributed by atoms with van der Waals surface area (Å²) < 4.78 is 0. The number of nitrogens with one attached hydrogen (secondary N) is 2. The van der Waals surface area contributed by atoms with Gasteiger partial charge in [-0.3, -0.25) is 14.5 Å². The molecular weight excluding hydrogens is 433 g/mol. The van der Waals surface area contributed by atoms with E-state index < -0.39 is 0 Å². The number of piperidine rings is 1. The molecule has 31 heavy (non-hydrogen) atoms. The Morgan fingerprint density at radius 2 is 1.94 bits per heavy atom. The van der Waals surface area contributed by atoms with Gasteiger partial charge in [-0.05, 0) is 55.1 Å². The van der Waals surface area contributed by atoms with Gasteiger partial charge in [-0.25, -0.2) is 0 Å². The Labute approximate surface area is 194 Å². The van der Waals surface area contributed by atoms with Gasteiger partial charge in [0.1, 0.15) is 0 Å². The predicted molar refractivity (Wildman–Crippen MR) is 127 cm³/mol. The second-order valence-corrected chi connectivity index (χ2v) is 9.29. The molecule has 1 fully saturated rings. The Morgan fingerprint density at radius 3 is 2.68 bits per heavy atom. The highest BCUT2D eigenvalue weighted by Crippen LogP contribution is 2.26. The highest BCUT2D eigenvalue weighted by atomic mass is 35.5. The molecule has 1 aliphatic rings. The Balaban J connectivity index is 1.63. The lowest BCUT2D eigenvalue weighted by Gasteiger charge is -2.32. The Bertz CT molecular complexity index is 933. The summed E-state index contributed by atoms with van der Waals surface area (Å²) in [6, 6.07) is 12.6. The number of carbonyl (C=O) groups excluding carboxylic acids is 2. The molecule has 1 saturated heterocycles. The fourth-order valence-electron chi connectivity index (χ4n) is 3.72. The standard InChI is InChI=1S/C24H29Cl2N3O2/c1-16(2)13-27-24(31)20-7-3-4-8-22(20)28-23(30)18-6-5-11-29(15-18)14-17-9-10-19(25)12-21(17)26/h3-4,7-10,12,16,18H,5-6,11,13-15H2,1-2H3,(H,27,31)(H,28,30). The molecule has 1 aliphatic heterocycles. The molecule has 2 amide bonds. The highest BCUT2D eigenvalue weighted by Gasteiger charge is 2.27. The van der Waals surface area contributed by atoms with Crippen LogP contribution in [-0.4, -0.2) is 36.3 Å². The predicted octanol–water partition coefficient (Wildman–Crippen LogP) is 5.23. The minimum absolute atomic E-state index is 0.0592. The van der Waals surface area contributed by atoms with Crippen molar-refractivity contribution in [3.63, 3.8) is 0 Å². The summed E-state index contributed by atoms with van der Waals surface area (Å²) in [5.41, 5.74) is 2.03. The number of amides is 2.